The molecule has 0 aliphatic carbocycles. The highest BCUT2D eigenvalue weighted by molar-refractivity contribution is 8.01. The van der Waals surface area contributed by atoms with Gasteiger partial charge < -0.3 is 5.32 Å². The lowest BCUT2D eigenvalue weighted by atomic mass is 10.2. The zero-order valence-electron chi connectivity index (χ0n) is 11.2. The van der Waals surface area contributed by atoms with Crippen LogP contribution in [0.3, 0.4) is 0 Å². The molecule has 21 heavy (non-hydrogen) atoms. The van der Waals surface area contributed by atoms with Gasteiger partial charge in [-0.2, -0.15) is 0 Å². The van der Waals surface area contributed by atoms with E-state index in [2.05, 4.69) is 12.2 Å². The van der Waals surface area contributed by atoms with E-state index in [1.54, 1.807) is 35.2 Å². The number of aryl methyl sites for hydroxylation is 1. The first kappa shape index (κ1) is 14.1. The van der Waals surface area contributed by atoms with Crippen molar-refractivity contribution in [3.05, 3.63) is 56.5 Å². The van der Waals surface area contributed by atoms with Crippen LogP contribution in [0.15, 0.2) is 34.5 Å². The fourth-order valence-corrected chi connectivity index (χ4v) is 4.67. The number of benzene rings is 1. The first-order chi connectivity index (χ1) is 10.1. The highest BCUT2D eigenvalue weighted by Gasteiger charge is 2.28. The summed E-state index contributed by atoms with van der Waals surface area (Å²) in [5, 5.41) is 13.4. The third-order valence-electron chi connectivity index (χ3n) is 3.24. The van der Waals surface area contributed by atoms with Crippen LogP contribution < -0.4 is 5.32 Å². The molecule has 0 saturated carbocycles. The Balaban J connectivity index is 1.88. The number of thioether (sulfide) groups is 1. The summed E-state index contributed by atoms with van der Waals surface area (Å²) in [6, 6.07) is 8.24. The first-order valence-electron chi connectivity index (χ1n) is 6.43. The number of thiophene rings is 1. The van der Waals surface area contributed by atoms with Gasteiger partial charge in [-0.3, -0.25) is 14.9 Å². The Bertz CT molecular complexity index is 710. The van der Waals surface area contributed by atoms with Gasteiger partial charge in [-0.1, -0.05) is 18.7 Å². The zero-order chi connectivity index (χ0) is 15.0. The number of nitro benzene ring substituents is 1. The van der Waals surface area contributed by atoms with Gasteiger partial charge in [0.1, 0.15) is 5.37 Å². The van der Waals surface area contributed by atoms with Crippen LogP contribution in [0.4, 0.5) is 5.69 Å². The average Bonchev–Trinajstić information content (AvgIpc) is 2.91. The van der Waals surface area contributed by atoms with Crippen LogP contribution in [0.2, 0.25) is 0 Å². The lowest BCUT2D eigenvalue weighted by molar-refractivity contribution is -0.384. The van der Waals surface area contributed by atoms with Crippen LogP contribution in [0.25, 0.3) is 0 Å². The molecule has 108 valence electrons. The molecule has 0 unspecified atom stereocenters. The molecule has 1 aromatic carbocycles. The molecule has 3 rings (SSSR count). The number of non-ortho nitro benzene ring substituents is 1. The summed E-state index contributed by atoms with van der Waals surface area (Å²) in [6.45, 7) is 2.06. The molecule has 7 heteroatoms. The number of carbonyl (C=O) groups is 1. The minimum atomic E-state index is -0.429. The summed E-state index contributed by atoms with van der Waals surface area (Å²) in [6.07, 6.45) is 0.910. The second-order valence-corrected chi connectivity index (χ2v) is 7.10. The van der Waals surface area contributed by atoms with Gasteiger partial charge in [-0.25, -0.2) is 0 Å². The van der Waals surface area contributed by atoms with E-state index in [4.69, 9.17) is 0 Å². The normalized spacial score (nSPS) is 17.2. The first-order valence-corrected chi connectivity index (χ1v) is 8.12. The number of hydrogen-bond acceptors (Lipinski definition) is 5. The number of carbonyl (C=O) groups excluding carboxylic acids is 1. The number of hydrogen-bond donors (Lipinski definition) is 1. The van der Waals surface area contributed by atoms with Crippen LogP contribution in [0, 0.1) is 10.1 Å². The second kappa shape index (κ2) is 5.50. The lowest BCUT2D eigenvalue weighted by Crippen LogP contribution is -2.29. The molecular formula is C14H12N2O3S2. The molecule has 1 aromatic heterocycles. The summed E-state index contributed by atoms with van der Waals surface area (Å²) in [4.78, 5) is 23.6. The van der Waals surface area contributed by atoms with E-state index in [-0.39, 0.29) is 17.0 Å². The van der Waals surface area contributed by atoms with E-state index >= 15 is 0 Å². The molecule has 0 spiro atoms. The lowest BCUT2D eigenvalue weighted by Gasteiger charge is -2.22. The van der Waals surface area contributed by atoms with E-state index in [0.717, 1.165) is 21.8 Å². The molecule has 0 fully saturated rings. The molecule has 2 aromatic rings. The van der Waals surface area contributed by atoms with Gasteiger partial charge in [-0.15, -0.1) is 11.3 Å². The van der Waals surface area contributed by atoms with Crippen molar-refractivity contribution in [2.45, 2.75) is 22.9 Å². The molecule has 2 heterocycles. The summed E-state index contributed by atoms with van der Waals surface area (Å²) in [5.41, 5.74) is 1.65. The Morgan fingerprint density at radius 1 is 1.33 bits per heavy atom. The molecule has 1 aliphatic rings. The maximum absolute atomic E-state index is 12.1. The van der Waals surface area contributed by atoms with E-state index in [9.17, 15) is 14.9 Å². The van der Waals surface area contributed by atoms with E-state index < -0.39 is 4.92 Å². The fourth-order valence-electron chi connectivity index (χ4n) is 2.10. The van der Waals surface area contributed by atoms with Gasteiger partial charge in [0.2, 0.25) is 0 Å². The highest BCUT2D eigenvalue weighted by atomic mass is 32.2. The van der Waals surface area contributed by atoms with Crippen LogP contribution >= 0.6 is 23.1 Å². The molecule has 0 saturated heterocycles. The van der Waals surface area contributed by atoms with E-state index in [1.165, 1.54) is 17.0 Å². The fraction of sp³-hybridized carbons (Fsp3) is 0.214. The van der Waals surface area contributed by atoms with Gasteiger partial charge in [0.05, 0.1) is 14.7 Å². The zero-order valence-corrected chi connectivity index (χ0v) is 12.8. The largest absolute Gasteiger partial charge is 0.336 e. The van der Waals surface area contributed by atoms with Crippen LogP contribution in [0.5, 0.6) is 0 Å². The van der Waals surface area contributed by atoms with Crippen molar-refractivity contribution in [2.24, 2.45) is 0 Å². The molecule has 1 atom stereocenters. The van der Waals surface area contributed by atoms with Crippen LogP contribution in [-0.2, 0) is 6.42 Å². The summed E-state index contributed by atoms with van der Waals surface area (Å²) in [5.74, 6) is -0.0805. The molecule has 5 nitrogen and oxygen atoms in total. The average molecular weight is 320 g/mol. The summed E-state index contributed by atoms with van der Waals surface area (Å²) >= 11 is 3.22. The van der Waals surface area contributed by atoms with Crippen LogP contribution in [0.1, 0.15) is 33.1 Å². The predicted octanol–water partition coefficient (Wildman–Crippen LogP) is 3.75. The molecule has 0 bridgehead atoms. The Morgan fingerprint density at radius 3 is 2.67 bits per heavy atom. The summed E-state index contributed by atoms with van der Waals surface area (Å²) < 4.78 is 1.01. The van der Waals surface area contributed by atoms with Gasteiger partial charge >= 0.3 is 0 Å². The number of nitrogens with one attached hydrogen (secondary N) is 1. The highest BCUT2D eigenvalue weighted by Crippen LogP contribution is 2.43. The number of nitrogens with zero attached hydrogens (tertiary/aromatic N) is 1. The Kier molecular flexibility index (Phi) is 3.69. The summed E-state index contributed by atoms with van der Waals surface area (Å²) in [7, 11) is 0. The van der Waals surface area contributed by atoms with Crippen LogP contribution in [-0.4, -0.2) is 10.8 Å². The predicted molar refractivity (Wildman–Crippen MR) is 82.9 cm³/mol. The number of fused-ring (bicyclic) bond motifs is 1. The van der Waals surface area contributed by atoms with Crippen molar-refractivity contribution >= 4 is 34.7 Å². The van der Waals surface area contributed by atoms with E-state index in [1.807, 2.05) is 6.07 Å². The molecular weight excluding hydrogens is 308 g/mol. The van der Waals surface area contributed by atoms with Crippen molar-refractivity contribution in [3.8, 4) is 0 Å². The Morgan fingerprint density at radius 2 is 2.05 bits per heavy atom. The third kappa shape index (κ3) is 2.66. The molecule has 1 amide bonds. The van der Waals surface area contributed by atoms with Crippen molar-refractivity contribution in [3.63, 3.8) is 0 Å². The van der Waals surface area contributed by atoms with Crippen molar-refractivity contribution in [2.75, 3.05) is 0 Å². The minimum Gasteiger partial charge on any atom is -0.336 e. The van der Waals surface area contributed by atoms with Crippen molar-refractivity contribution in [1.82, 2.24) is 5.32 Å². The van der Waals surface area contributed by atoms with Gasteiger partial charge in [-0.05, 0) is 30.2 Å². The number of amides is 1. The third-order valence-corrected chi connectivity index (χ3v) is 5.91. The maximum atomic E-state index is 12.1. The molecule has 1 aliphatic heterocycles. The SMILES string of the molecule is CCc1cc2c(s1)S[C@@H](c1ccc([N+](=O)[O-])cc1)NC2=O. The number of nitro groups is 1. The second-order valence-electron chi connectivity index (χ2n) is 4.59. The quantitative estimate of drug-likeness (QED) is 0.690. The van der Waals surface area contributed by atoms with Crippen molar-refractivity contribution < 1.29 is 9.72 Å². The van der Waals surface area contributed by atoms with Gasteiger partial charge in [0, 0.05) is 17.0 Å². The Labute approximate surface area is 129 Å². The standard InChI is InChI=1S/C14H12N2O3S2/c1-2-10-7-11-12(17)15-13(21-14(11)20-10)8-3-5-9(6-4-8)16(18)19/h3-7,13H,2H2,1H3,(H,15,17)/t13-/m0/s1. The van der Waals surface area contributed by atoms with Crippen molar-refractivity contribution in [1.29, 1.82) is 0 Å². The molecule has 1 N–H and O–H groups in total. The topological polar surface area (TPSA) is 72.2 Å². The van der Waals surface area contributed by atoms with E-state index in [0.29, 0.717) is 0 Å². The minimum absolute atomic E-state index is 0.0518. The Hall–Kier alpha value is -1.86. The van der Waals surface area contributed by atoms with Gasteiger partial charge in [0.15, 0.2) is 0 Å². The van der Waals surface area contributed by atoms with Gasteiger partial charge in [0.25, 0.3) is 11.6 Å². The molecule has 0 radical (unpaired) electrons. The number of rotatable bonds is 3. The smallest absolute Gasteiger partial charge is 0.269 e. The maximum Gasteiger partial charge on any atom is 0.269 e. The monoisotopic (exact) mass is 320 g/mol.